The van der Waals surface area contributed by atoms with Crippen molar-refractivity contribution in [2.45, 2.75) is 32.0 Å². The smallest absolute Gasteiger partial charge is 0.164 e. The second-order valence-corrected chi connectivity index (χ2v) is 3.19. The quantitative estimate of drug-likeness (QED) is 0.605. The molecule has 0 aliphatic rings. The first-order valence-electron chi connectivity index (χ1n) is 3.03. The van der Waals surface area contributed by atoms with E-state index in [1.807, 2.05) is 6.92 Å². The van der Waals surface area contributed by atoms with Crippen molar-refractivity contribution in [2.24, 2.45) is 0 Å². The Balaban J connectivity index is 3.85. The van der Waals surface area contributed by atoms with Crippen molar-refractivity contribution >= 4 is 15.0 Å². The molecule has 0 fully saturated rings. The van der Waals surface area contributed by atoms with Crippen LogP contribution in [-0.4, -0.2) is 16.2 Å². The van der Waals surface area contributed by atoms with E-state index in [2.05, 4.69) is 9.24 Å². The number of ketones is 1. The summed E-state index contributed by atoms with van der Waals surface area (Å²) in [6, 6.07) is 0. The van der Waals surface area contributed by atoms with E-state index >= 15 is 0 Å². The highest BCUT2D eigenvalue weighted by Gasteiger charge is 2.24. The maximum atomic E-state index is 10.6. The van der Waals surface area contributed by atoms with Crippen LogP contribution in [0.15, 0.2) is 0 Å². The molecule has 0 saturated heterocycles. The molecular weight excluding hydrogens is 135 g/mol. The third kappa shape index (κ3) is 2.92. The summed E-state index contributed by atoms with van der Waals surface area (Å²) in [4.78, 5) is 10.6. The highest BCUT2D eigenvalue weighted by atomic mass is 31.0. The van der Waals surface area contributed by atoms with Crippen LogP contribution in [0.25, 0.3) is 0 Å². The van der Waals surface area contributed by atoms with Crippen LogP contribution >= 0.6 is 9.24 Å². The van der Waals surface area contributed by atoms with Gasteiger partial charge in [-0.1, -0.05) is 22.6 Å². The van der Waals surface area contributed by atoms with Crippen molar-refractivity contribution in [1.82, 2.24) is 0 Å². The molecule has 2 atom stereocenters. The lowest BCUT2D eigenvalue weighted by atomic mass is 10.1. The van der Waals surface area contributed by atoms with Gasteiger partial charge in [-0.3, -0.25) is 4.79 Å². The molecule has 0 aromatic heterocycles. The minimum Gasteiger partial charge on any atom is -0.378 e. The molecule has 1 N–H and O–H groups in total. The van der Waals surface area contributed by atoms with Crippen LogP contribution < -0.4 is 0 Å². The standard InChI is InChI=1S/C6H13O2P/c1-3-4-6(8,9)5(2)7/h8H,3-4,9H2,1-2H3. The Morgan fingerprint density at radius 2 is 2.22 bits per heavy atom. The summed E-state index contributed by atoms with van der Waals surface area (Å²) in [5.41, 5.74) is 0. The second-order valence-electron chi connectivity index (χ2n) is 2.23. The van der Waals surface area contributed by atoms with Crippen LogP contribution in [0.4, 0.5) is 0 Å². The molecule has 0 spiro atoms. The van der Waals surface area contributed by atoms with Gasteiger partial charge in [0.15, 0.2) is 5.78 Å². The van der Waals surface area contributed by atoms with E-state index < -0.39 is 5.34 Å². The number of hydrogen-bond acceptors (Lipinski definition) is 2. The Morgan fingerprint density at radius 1 is 1.78 bits per heavy atom. The Morgan fingerprint density at radius 3 is 2.33 bits per heavy atom. The number of carbonyl (C=O) groups excluding carboxylic acids is 1. The lowest BCUT2D eigenvalue weighted by Gasteiger charge is -2.17. The first-order chi connectivity index (χ1) is 4.00. The summed E-state index contributed by atoms with van der Waals surface area (Å²) in [5.74, 6) is -0.186. The van der Waals surface area contributed by atoms with Crippen LogP contribution in [0.1, 0.15) is 26.7 Å². The maximum Gasteiger partial charge on any atom is 0.164 e. The van der Waals surface area contributed by atoms with E-state index in [0.717, 1.165) is 6.42 Å². The first-order valence-corrected chi connectivity index (χ1v) is 3.60. The molecule has 0 bridgehead atoms. The van der Waals surface area contributed by atoms with Crippen molar-refractivity contribution in [2.75, 3.05) is 0 Å². The first kappa shape index (κ1) is 9.06. The molecule has 54 valence electrons. The van der Waals surface area contributed by atoms with Gasteiger partial charge in [0.05, 0.1) is 0 Å². The molecule has 0 rings (SSSR count). The van der Waals surface area contributed by atoms with E-state index in [1.54, 1.807) is 0 Å². The minimum absolute atomic E-state index is 0.186. The van der Waals surface area contributed by atoms with Gasteiger partial charge < -0.3 is 5.11 Å². The largest absolute Gasteiger partial charge is 0.378 e. The fourth-order valence-electron chi connectivity index (χ4n) is 0.557. The van der Waals surface area contributed by atoms with Crippen molar-refractivity contribution in [3.8, 4) is 0 Å². The van der Waals surface area contributed by atoms with Gasteiger partial charge in [0, 0.05) is 0 Å². The van der Waals surface area contributed by atoms with Gasteiger partial charge in [-0.25, -0.2) is 0 Å². The van der Waals surface area contributed by atoms with Crippen molar-refractivity contribution in [3.63, 3.8) is 0 Å². The van der Waals surface area contributed by atoms with Crippen LogP contribution in [0, 0.1) is 0 Å². The van der Waals surface area contributed by atoms with Gasteiger partial charge in [-0.05, 0) is 13.3 Å². The molecule has 0 saturated carbocycles. The second kappa shape index (κ2) is 3.28. The zero-order valence-electron chi connectivity index (χ0n) is 5.85. The molecule has 2 nitrogen and oxygen atoms in total. The SMILES string of the molecule is CCCC(O)(P)C(C)=O. The predicted molar refractivity (Wildman–Crippen MR) is 40.2 cm³/mol. The van der Waals surface area contributed by atoms with Crippen LogP contribution in [-0.2, 0) is 4.79 Å². The summed E-state index contributed by atoms with van der Waals surface area (Å²) in [7, 11) is 2.16. The van der Waals surface area contributed by atoms with Gasteiger partial charge in [-0.15, -0.1) is 0 Å². The summed E-state index contributed by atoms with van der Waals surface area (Å²) >= 11 is 0. The van der Waals surface area contributed by atoms with Crippen molar-refractivity contribution in [3.05, 3.63) is 0 Å². The van der Waals surface area contributed by atoms with Gasteiger partial charge >= 0.3 is 0 Å². The van der Waals surface area contributed by atoms with Crippen LogP contribution in [0.3, 0.4) is 0 Å². The number of rotatable bonds is 3. The van der Waals surface area contributed by atoms with E-state index in [4.69, 9.17) is 0 Å². The zero-order valence-corrected chi connectivity index (χ0v) is 7.00. The Hall–Kier alpha value is 0.0600. The molecule has 0 amide bonds. The average molecular weight is 148 g/mol. The molecule has 0 aromatic carbocycles. The topological polar surface area (TPSA) is 37.3 Å². The third-order valence-corrected chi connectivity index (χ3v) is 1.94. The molecule has 2 unspecified atom stereocenters. The lowest BCUT2D eigenvalue weighted by molar-refractivity contribution is -0.127. The normalized spacial score (nSPS) is 16.9. The van der Waals surface area contributed by atoms with Gasteiger partial charge in [0.25, 0.3) is 0 Å². The number of aliphatic hydroxyl groups is 1. The van der Waals surface area contributed by atoms with E-state index in [-0.39, 0.29) is 5.78 Å². The monoisotopic (exact) mass is 148 g/mol. The average Bonchev–Trinajstić information content (AvgIpc) is 1.65. The molecule has 0 aromatic rings. The molecule has 0 aliphatic carbocycles. The van der Waals surface area contributed by atoms with E-state index in [0.29, 0.717) is 6.42 Å². The van der Waals surface area contributed by atoms with E-state index in [9.17, 15) is 9.90 Å². The maximum absolute atomic E-state index is 10.6. The summed E-state index contributed by atoms with van der Waals surface area (Å²) in [6.07, 6.45) is 1.34. The Labute approximate surface area is 57.8 Å². The number of hydrogen-bond donors (Lipinski definition) is 1. The van der Waals surface area contributed by atoms with E-state index in [1.165, 1.54) is 6.92 Å². The van der Waals surface area contributed by atoms with Crippen LogP contribution in [0.2, 0.25) is 0 Å². The molecule has 0 radical (unpaired) electrons. The summed E-state index contributed by atoms with van der Waals surface area (Å²) in [5, 5.41) is 8.03. The molecule has 0 aliphatic heterocycles. The molecule has 9 heavy (non-hydrogen) atoms. The number of Topliss-reactive ketones (excluding diaryl/α,β-unsaturated/α-hetero) is 1. The lowest BCUT2D eigenvalue weighted by Crippen LogP contribution is -2.28. The predicted octanol–water partition coefficient (Wildman–Crippen LogP) is 0.939. The molecule has 3 heteroatoms. The third-order valence-electron chi connectivity index (χ3n) is 1.24. The van der Waals surface area contributed by atoms with Gasteiger partial charge in [0.1, 0.15) is 5.34 Å². The molecule has 0 heterocycles. The van der Waals surface area contributed by atoms with Gasteiger partial charge in [0.2, 0.25) is 0 Å². The zero-order chi connectivity index (χ0) is 7.49. The van der Waals surface area contributed by atoms with Gasteiger partial charge in [-0.2, -0.15) is 0 Å². The Bertz CT molecular complexity index is 110. The minimum atomic E-state index is -1.17. The number of carbonyl (C=O) groups is 1. The highest BCUT2D eigenvalue weighted by molar-refractivity contribution is 7.20. The summed E-state index contributed by atoms with van der Waals surface area (Å²) in [6.45, 7) is 3.32. The summed E-state index contributed by atoms with van der Waals surface area (Å²) < 4.78 is 0. The van der Waals surface area contributed by atoms with Crippen molar-refractivity contribution in [1.29, 1.82) is 0 Å². The fraction of sp³-hybridized carbons (Fsp3) is 0.833. The fourth-order valence-corrected chi connectivity index (χ4v) is 0.846. The molecular formula is C6H13O2P. The van der Waals surface area contributed by atoms with Crippen LogP contribution in [0.5, 0.6) is 0 Å². The van der Waals surface area contributed by atoms with Crippen molar-refractivity contribution < 1.29 is 9.90 Å². The Kier molecular flexibility index (Phi) is 3.31. The highest BCUT2D eigenvalue weighted by Crippen LogP contribution is 2.21.